The Balaban J connectivity index is 2.14. The molecule has 0 aliphatic heterocycles. The zero-order valence-electron chi connectivity index (χ0n) is 12.1. The van der Waals surface area contributed by atoms with Gasteiger partial charge in [-0.15, -0.1) is 0 Å². The van der Waals surface area contributed by atoms with Crippen molar-refractivity contribution in [1.29, 1.82) is 0 Å². The summed E-state index contributed by atoms with van der Waals surface area (Å²) in [7, 11) is 1.75. The molecule has 0 radical (unpaired) electrons. The summed E-state index contributed by atoms with van der Waals surface area (Å²) in [5.41, 5.74) is 0.980. The van der Waals surface area contributed by atoms with Gasteiger partial charge < -0.3 is 5.32 Å². The van der Waals surface area contributed by atoms with Crippen molar-refractivity contribution in [3.63, 3.8) is 0 Å². The zero-order valence-corrected chi connectivity index (χ0v) is 12.8. The van der Waals surface area contributed by atoms with Crippen LogP contribution in [-0.2, 0) is 6.42 Å². The van der Waals surface area contributed by atoms with E-state index in [1.54, 1.807) is 13.1 Å². The maximum absolute atomic E-state index is 13.2. The molecule has 0 amide bonds. The maximum atomic E-state index is 13.2. The zero-order chi connectivity index (χ0) is 15.5. The van der Waals surface area contributed by atoms with Crippen molar-refractivity contribution >= 4 is 11.6 Å². The Bertz CT molecular complexity index is 461. The van der Waals surface area contributed by atoms with E-state index < -0.39 is 12.1 Å². The molecule has 0 heterocycles. The van der Waals surface area contributed by atoms with E-state index in [4.69, 9.17) is 11.6 Å². The highest BCUT2D eigenvalue weighted by Crippen LogP contribution is 2.43. The van der Waals surface area contributed by atoms with E-state index in [0.29, 0.717) is 24.3 Å². The van der Waals surface area contributed by atoms with Crippen molar-refractivity contribution < 1.29 is 13.2 Å². The number of nitrogens with one attached hydrogen (secondary N) is 1. The molecule has 1 aromatic rings. The molecule has 0 aromatic heterocycles. The Labute approximate surface area is 128 Å². The van der Waals surface area contributed by atoms with Crippen LogP contribution in [0.1, 0.15) is 31.2 Å². The molecule has 1 aliphatic carbocycles. The molecule has 21 heavy (non-hydrogen) atoms. The molecule has 1 saturated carbocycles. The Hall–Kier alpha value is -0.740. The quantitative estimate of drug-likeness (QED) is 0.837. The van der Waals surface area contributed by atoms with Crippen LogP contribution in [0.4, 0.5) is 13.2 Å². The summed E-state index contributed by atoms with van der Waals surface area (Å²) in [5.74, 6) is -1.55. The number of likely N-dealkylation sites (N-methyl/N-ethyl adjacent to an activating group) is 1. The fraction of sp³-hybridized carbons (Fsp3) is 0.625. The van der Waals surface area contributed by atoms with Crippen molar-refractivity contribution in [3.8, 4) is 0 Å². The van der Waals surface area contributed by atoms with Gasteiger partial charge in [0, 0.05) is 11.1 Å². The number of benzene rings is 1. The van der Waals surface area contributed by atoms with Gasteiger partial charge in [-0.05, 0) is 49.9 Å². The van der Waals surface area contributed by atoms with E-state index in [-0.39, 0.29) is 18.4 Å². The Morgan fingerprint density at radius 1 is 1.29 bits per heavy atom. The van der Waals surface area contributed by atoms with Gasteiger partial charge in [0.05, 0.1) is 5.92 Å². The number of rotatable bonds is 4. The van der Waals surface area contributed by atoms with Crippen LogP contribution in [-0.4, -0.2) is 19.3 Å². The van der Waals surface area contributed by atoms with Crippen LogP contribution < -0.4 is 5.32 Å². The Kier molecular flexibility index (Phi) is 5.55. The van der Waals surface area contributed by atoms with Gasteiger partial charge in [0.25, 0.3) is 0 Å². The fourth-order valence-corrected chi connectivity index (χ4v) is 3.65. The van der Waals surface area contributed by atoms with E-state index in [9.17, 15) is 13.2 Å². The van der Waals surface area contributed by atoms with E-state index in [0.717, 1.165) is 12.0 Å². The smallest absolute Gasteiger partial charge is 0.316 e. The average molecular weight is 320 g/mol. The summed E-state index contributed by atoms with van der Waals surface area (Å²) in [4.78, 5) is 0. The monoisotopic (exact) mass is 319 g/mol. The molecule has 0 saturated heterocycles. The standard InChI is InChI=1S/C16H21ClF3N/c1-21-15(10-11-5-4-6-12(17)9-11)13-7-2-3-8-14(13)16(18,19)20/h4-6,9,13-15,21H,2-3,7-8,10H2,1H3. The molecule has 118 valence electrons. The molecule has 2 rings (SSSR count). The van der Waals surface area contributed by atoms with E-state index in [1.807, 2.05) is 18.2 Å². The lowest BCUT2D eigenvalue weighted by Gasteiger charge is -2.38. The summed E-state index contributed by atoms with van der Waals surface area (Å²) in [6.07, 6.45) is -1.08. The van der Waals surface area contributed by atoms with Crippen LogP contribution >= 0.6 is 11.6 Å². The molecule has 1 N–H and O–H groups in total. The predicted molar refractivity (Wildman–Crippen MR) is 79.5 cm³/mol. The fourth-order valence-electron chi connectivity index (χ4n) is 3.43. The highest BCUT2D eigenvalue weighted by Gasteiger charge is 2.47. The second kappa shape index (κ2) is 7.01. The van der Waals surface area contributed by atoms with E-state index in [2.05, 4.69) is 5.32 Å². The highest BCUT2D eigenvalue weighted by molar-refractivity contribution is 6.30. The van der Waals surface area contributed by atoms with Crippen LogP contribution in [0.15, 0.2) is 24.3 Å². The summed E-state index contributed by atoms with van der Waals surface area (Å²) in [6.45, 7) is 0. The van der Waals surface area contributed by atoms with Crippen LogP contribution in [0.25, 0.3) is 0 Å². The van der Waals surface area contributed by atoms with Crippen molar-refractivity contribution in [2.75, 3.05) is 7.05 Å². The van der Waals surface area contributed by atoms with Crippen molar-refractivity contribution in [1.82, 2.24) is 5.32 Å². The summed E-state index contributed by atoms with van der Waals surface area (Å²) < 4.78 is 39.7. The van der Waals surface area contributed by atoms with Crippen molar-refractivity contribution in [3.05, 3.63) is 34.9 Å². The molecule has 1 aromatic carbocycles. The summed E-state index contributed by atoms with van der Waals surface area (Å²) >= 11 is 5.96. The maximum Gasteiger partial charge on any atom is 0.392 e. The first-order valence-electron chi connectivity index (χ1n) is 7.40. The number of alkyl halides is 3. The van der Waals surface area contributed by atoms with Gasteiger partial charge in [0.15, 0.2) is 0 Å². The Morgan fingerprint density at radius 2 is 2.00 bits per heavy atom. The van der Waals surface area contributed by atoms with Crippen LogP contribution in [0, 0.1) is 11.8 Å². The van der Waals surface area contributed by atoms with Crippen molar-refractivity contribution in [2.45, 2.75) is 44.3 Å². The molecule has 0 bridgehead atoms. The lowest BCUT2D eigenvalue weighted by molar-refractivity contribution is -0.199. The number of halogens is 4. The minimum absolute atomic E-state index is 0.171. The van der Waals surface area contributed by atoms with Crippen LogP contribution in [0.3, 0.4) is 0 Å². The lowest BCUT2D eigenvalue weighted by Crippen LogP contribution is -2.45. The molecular formula is C16H21ClF3N. The lowest BCUT2D eigenvalue weighted by atomic mass is 9.73. The second-order valence-corrected chi connectivity index (χ2v) is 6.26. The minimum Gasteiger partial charge on any atom is -0.316 e. The van der Waals surface area contributed by atoms with Gasteiger partial charge in [0.1, 0.15) is 0 Å². The molecule has 0 spiro atoms. The SMILES string of the molecule is CNC(Cc1cccc(Cl)c1)C1CCCCC1C(F)(F)F. The van der Waals surface area contributed by atoms with Gasteiger partial charge in [-0.1, -0.05) is 36.6 Å². The molecule has 3 atom stereocenters. The summed E-state index contributed by atoms with van der Waals surface area (Å²) in [5, 5.41) is 3.72. The predicted octanol–water partition coefficient (Wildman–Crippen LogP) is 4.84. The van der Waals surface area contributed by atoms with Crippen LogP contribution in [0.5, 0.6) is 0 Å². The third kappa shape index (κ3) is 4.36. The van der Waals surface area contributed by atoms with Crippen molar-refractivity contribution in [2.24, 2.45) is 11.8 Å². The first-order chi connectivity index (χ1) is 9.91. The van der Waals surface area contributed by atoms with Gasteiger partial charge in [-0.25, -0.2) is 0 Å². The molecular weight excluding hydrogens is 299 g/mol. The Morgan fingerprint density at radius 3 is 2.62 bits per heavy atom. The van der Waals surface area contributed by atoms with Gasteiger partial charge in [-0.3, -0.25) is 0 Å². The van der Waals surface area contributed by atoms with E-state index >= 15 is 0 Å². The first kappa shape index (κ1) is 16.6. The molecule has 1 aliphatic rings. The topological polar surface area (TPSA) is 12.0 Å². The molecule has 1 fully saturated rings. The minimum atomic E-state index is -4.10. The first-order valence-corrected chi connectivity index (χ1v) is 7.78. The van der Waals surface area contributed by atoms with E-state index in [1.165, 1.54) is 0 Å². The molecule has 3 unspecified atom stereocenters. The third-order valence-corrected chi connectivity index (χ3v) is 4.71. The normalized spacial score (nSPS) is 24.8. The largest absolute Gasteiger partial charge is 0.392 e. The van der Waals surface area contributed by atoms with Crippen LogP contribution in [0.2, 0.25) is 5.02 Å². The second-order valence-electron chi connectivity index (χ2n) is 5.83. The summed E-state index contributed by atoms with van der Waals surface area (Å²) in [6, 6.07) is 7.19. The number of hydrogen-bond acceptors (Lipinski definition) is 1. The average Bonchev–Trinajstić information content (AvgIpc) is 2.44. The van der Waals surface area contributed by atoms with Gasteiger partial charge >= 0.3 is 6.18 Å². The van der Waals surface area contributed by atoms with Gasteiger partial charge in [0.2, 0.25) is 0 Å². The number of hydrogen-bond donors (Lipinski definition) is 1. The van der Waals surface area contributed by atoms with Gasteiger partial charge in [-0.2, -0.15) is 13.2 Å². The highest BCUT2D eigenvalue weighted by atomic mass is 35.5. The molecule has 5 heteroatoms. The molecule has 1 nitrogen and oxygen atoms in total. The third-order valence-electron chi connectivity index (χ3n) is 4.47.